The zero-order valence-electron chi connectivity index (χ0n) is 11.1. The molecule has 6 heteroatoms. The van der Waals surface area contributed by atoms with E-state index in [-0.39, 0.29) is 11.7 Å². The molecule has 104 valence electrons. The van der Waals surface area contributed by atoms with Crippen LogP contribution in [0.5, 0.6) is 0 Å². The van der Waals surface area contributed by atoms with Gasteiger partial charge in [0.25, 0.3) is 5.91 Å². The van der Waals surface area contributed by atoms with Gasteiger partial charge in [-0.2, -0.15) is 0 Å². The zero-order valence-corrected chi connectivity index (χ0v) is 12.7. The van der Waals surface area contributed by atoms with Crippen LogP contribution in [0.4, 0.5) is 4.39 Å². The molecule has 2 aromatic rings. The highest BCUT2D eigenvalue weighted by Crippen LogP contribution is 2.31. The Bertz CT molecular complexity index is 712. The van der Waals surface area contributed by atoms with Gasteiger partial charge in [0.2, 0.25) is 0 Å². The average Bonchev–Trinajstić information content (AvgIpc) is 2.73. The lowest BCUT2D eigenvalue weighted by Gasteiger charge is -2.36. The molecule has 2 heterocycles. The van der Waals surface area contributed by atoms with E-state index in [0.717, 1.165) is 4.47 Å². The quantitative estimate of drug-likeness (QED) is 0.869. The molecule has 1 aromatic carbocycles. The molecule has 1 aromatic heterocycles. The van der Waals surface area contributed by atoms with Crippen molar-refractivity contribution in [3.8, 4) is 0 Å². The summed E-state index contributed by atoms with van der Waals surface area (Å²) >= 11 is 3.34. The molecular weight excluding hydrogens is 325 g/mol. The first kappa shape index (κ1) is 13.3. The third kappa shape index (κ3) is 1.95. The second-order valence-corrected chi connectivity index (χ2v) is 6.13. The Morgan fingerprint density at radius 1 is 1.50 bits per heavy atom. The number of benzene rings is 1. The van der Waals surface area contributed by atoms with Crippen LogP contribution in [0, 0.1) is 12.7 Å². The summed E-state index contributed by atoms with van der Waals surface area (Å²) in [7, 11) is 0. The van der Waals surface area contributed by atoms with Gasteiger partial charge in [0.05, 0.1) is 24.1 Å². The van der Waals surface area contributed by atoms with Gasteiger partial charge in [-0.15, -0.1) is 0 Å². The standard InChI is InChI=1S/C14H13BrFN3O/c1-8-12-13(20)18-14(2,6-19(12)7-17-8)10-5-9(15)3-4-11(10)16/h3-5,7H,6H2,1-2H3,(H,18,20). The van der Waals surface area contributed by atoms with Gasteiger partial charge < -0.3 is 9.88 Å². The lowest BCUT2D eigenvalue weighted by atomic mass is 9.89. The third-order valence-corrected chi connectivity index (χ3v) is 4.13. The first-order chi connectivity index (χ1) is 9.40. The predicted octanol–water partition coefficient (Wildman–Crippen LogP) is 2.75. The van der Waals surface area contributed by atoms with Crippen LogP contribution in [0.15, 0.2) is 29.0 Å². The smallest absolute Gasteiger partial charge is 0.270 e. The number of carbonyl (C=O) groups is 1. The van der Waals surface area contributed by atoms with Crippen molar-refractivity contribution in [2.24, 2.45) is 0 Å². The molecule has 20 heavy (non-hydrogen) atoms. The Kier molecular flexibility index (Phi) is 2.93. The second-order valence-electron chi connectivity index (χ2n) is 5.22. The van der Waals surface area contributed by atoms with Crippen molar-refractivity contribution in [2.75, 3.05) is 0 Å². The summed E-state index contributed by atoms with van der Waals surface area (Å²) in [6, 6.07) is 4.73. The Hall–Kier alpha value is -1.69. The van der Waals surface area contributed by atoms with Crippen molar-refractivity contribution in [3.05, 3.63) is 51.8 Å². The highest BCUT2D eigenvalue weighted by atomic mass is 79.9. The van der Waals surface area contributed by atoms with Gasteiger partial charge >= 0.3 is 0 Å². The molecule has 0 aliphatic carbocycles. The number of aromatic nitrogens is 2. The molecule has 0 bridgehead atoms. The van der Waals surface area contributed by atoms with Crippen LogP contribution in [0.2, 0.25) is 0 Å². The molecule has 0 fully saturated rings. The van der Waals surface area contributed by atoms with Crippen LogP contribution >= 0.6 is 15.9 Å². The topological polar surface area (TPSA) is 46.9 Å². The number of fused-ring (bicyclic) bond motifs is 1. The summed E-state index contributed by atoms with van der Waals surface area (Å²) in [5.74, 6) is -0.565. The summed E-state index contributed by atoms with van der Waals surface area (Å²) < 4.78 is 16.7. The van der Waals surface area contributed by atoms with Crippen LogP contribution < -0.4 is 5.32 Å². The highest BCUT2D eigenvalue weighted by Gasteiger charge is 2.38. The van der Waals surface area contributed by atoms with Gasteiger partial charge in [-0.25, -0.2) is 9.37 Å². The van der Waals surface area contributed by atoms with Crippen molar-refractivity contribution in [1.82, 2.24) is 14.9 Å². The van der Waals surface area contributed by atoms with Crippen LogP contribution in [0.25, 0.3) is 0 Å². The van der Waals surface area contributed by atoms with Crippen LogP contribution in [-0.2, 0) is 12.1 Å². The van der Waals surface area contributed by atoms with E-state index in [1.54, 1.807) is 30.0 Å². The van der Waals surface area contributed by atoms with E-state index in [1.165, 1.54) is 6.07 Å². The van der Waals surface area contributed by atoms with E-state index in [1.807, 2.05) is 6.92 Å². The fourth-order valence-electron chi connectivity index (χ4n) is 2.66. The Morgan fingerprint density at radius 2 is 2.25 bits per heavy atom. The summed E-state index contributed by atoms with van der Waals surface area (Å²) in [6.07, 6.45) is 1.62. The number of rotatable bonds is 1. The lowest BCUT2D eigenvalue weighted by molar-refractivity contribution is 0.0844. The molecule has 1 unspecified atom stereocenters. The summed E-state index contributed by atoms with van der Waals surface area (Å²) in [4.78, 5) is 16.4. The molecule has 0 spiro atoms. The number of nitrogens with zero attached hydrogens (tertiary/aromatic N) is 2. The molecule has 1 aliphatic rings. The van der Waals surface area contributed by atoms with Gasteiger partial charge in [0.1, 0.15) is 11.5 Å². The molecule has 4 nitrogen and oxygen atoms in total. The first-order valence-corrected chi connectivity index (χ1v) is 7.00. The molecule has 0 saturated heterocycles. The summed E-state index contributed by atoms with van der Waals surface area (Å²) in [5, 5.41) is 2.90. The van der Waals surface area contributed by atoms with Crippen LogP contribution in [-0.4, -0.2) is 15.5 Å². The highest BCUT2D eigenvalue weighted by molar-refractivity contribution is 9.10. The van der Waals surface area contributed by atoms with Gasteiger partial charge in [-0.1, -0.05) is 15.9 Å². The monoisotopic (exact) mass is 337 g/mol. The van der Waals surface area contributed by atoms with Crippen molar-refractivity contribution in [1.29, 1.82) is 0 Å². The van der Waals surface area contributed by atoms with E-state index in [4.69, 9.17) is 0 Å². The molecule has 3 rings (SSSR count). The molecular formula is C14H13BrFN3O. The lowest BCUT2D eigenvalue weighted by Crippen LogP contribution is -2.51. The van der Waals surface area contributed by atoms with Crippen molar-refractivity contribution < 1.29 is 9.18 Å². The normalized spacial score (nSPS) is 21.5. The largest absolute Gasteiger partial charge is 0.340 e. The minimum atomic E-state index is -0.801. The van der Waals surface area contributed by atoms with Crippen LogP contribution in [0.3, 0.4) is 0 Å². The van der Waals surface area contributed by atoms with E-state index in [2.05, 4.69) is 26.2 Å². The number of hydrogen-bond donors (Lipinski definition) is 1. The SMILES string of the molecule is Cc1ncn2c1C(=O)NC(C)(c1cc(Br)ccc1F)C2. The molecule has 0 radical (unpaired) electrons. The number of aryl methyl sites for hydroxylation is 1. The van der Waals surface area contributed by atoms with Crippen LogP contribution in [0.1, 0.15) is 28.7 Å². The number of halogens is 2. The fraction of sp³-hybridized carbons (Fsp3) is 0.286. The van der Waals surface area contributed by atoms with E-state index in [0.29, 0.717) is 23.5 Å². The first-order valence-electron chi connectivity index (χ1n) is 6.20. The maximum atomic E-state index is 14.1. The minimum Gasteiger partial charge on any atom is -0.340 e. The molecule has 0 saturated carbocycles. The van der Waals surface area contributed by atoms with E-state index >= 15 is 0 Å². The van der Waals surface area contributed by atoms with E-state index in [9.17, 15) is 9.18 Å². The van der Waals surface area contributed by atoms with Gasteiger partial charge in [0, 0.05) is 10.0 Å². The van der Waals surface area contributed by atoms with Crippen molar-refractivity contribution in [3.63, 3.8) is 0 Å². The average molecular weight is 338 g/mol. The van der Waals surface area contributed by atoms with Crippen molar-refractivity contribution >= 4 is 21.8 Å². The van der Waals surface area contributed by atoms with Gasteiger partial charge in [0.15, 0.2) is 0 Å². The number of amides is 1. The van der Waals surface area contributed by atoms with Gasteiger partial charge in [-0.05, 0) is 32.0 Å². The van der Waals surface area contributed by atoms with Gasteiger partial charge in [-0.3, -0.25) is 4.79 Å². The Balaban J connectivity index is 2.11. The van der Waals surface area contributed by atoms with E-state index < -0.39 is 5.54 Å². The maximum absolute atomic E-state index is 14.1. The fourth-order valence-corrected chi connectivity index (χ4v) is 3.02. The predicted molar refractivity (Wildman–Crippen MR) is 75.9 cm³/mol. The second kappa shape index (κ2) is 4.41. The van der Waals surface area contributed by atoms with Crippen molar-refractivity contribution in [2.45, 2.75) is 25.9 Å². The minimum absolute atomic E-state index is 0.229. The molecule has 1 aliphatic heterocycles. The third-order valence-electron chi connectivity index (χ3n) is 3.63. The Labute approximate surface area is 124 Å². The summed E-state index contributed by atoms with van der Waals surface area (Å²) in [5.41, 5.74) is 0.875. The molecule has 1 N–H and O–H groups in total. The molecule has 1 amide bonds. The summed E-state index contributed by atoms with van der Waals surface area (Å²) in [6.45, 7) is 4.05. The number of imidazole rings is 1. The Morgan fingerprint density at radius 3 is 3.00 bits per heavy atom. The molecule has 1 atom stereocenters. The number of hydrogen-bond acceptors (Lipinski definition) is 2. The maximum Gasteiger partial charge on any atom is 0.270 e. The number of carbonyl (C=O) groups excluding carboxylic acids is 1. The zero-order chi connectivity index (χ0) is 14.5. The number of nitrogens with one attached hydrogen (secondary N) is 1.